The normalized spacial score (nSPS) is 16.1. The average molecular weight is 717 g/mol. The van der Waals surface area contributed by atoms with Crippen LogP contribution in [0.5, 0.6) is 0 Å². The highest BCUT2D eigenvalue weighted by atomic mass is 35.5. The largest absolute Gasteiger partial charge is 0.368 e. The van der Waals surface area contributed by atoms with E-state index in [9.17, 15) is 38.3 Å². The molecule has 1 saturated heterocycles. The summed E-state index contributed by atoms with van der Waals surface area (Å²) in [7, 11) is -4.41. The molecule has 1 heterocycles. The van der Waals surface area contributed by atoms with Gasteiger partial charge in [0.25, 0.3) is 0 Å². The van der Waals surface area contributed by atoms with Gasteiger partial charge in [0, 0.05) is 42.1 Å². The van der Waals surface area contributed by atoms with E-state index in [4.69, 9.17) is 17.3 Å². The lowest BCUT2D eigenvalue weighted by molar-refractivity contribution is -0.145. The van der Waals surface area contributed by atoms with E-state index in [-0.39, 0.29) is 37.3 Å². The molecule has 4 rings (SSSR count). The van der Waals surface area contributed by atoms with Crippen LogP contribution in [0.4, 0.5) is 0 Å². The Morgan fingerprint density at radius 3 is 2.33 bits per heavy atom. The lowest BCUT2D eigenvalue weighted by atomic mass is 9.98. The Kier molecular flexibility index (Phi) is 13.2. The van der Waals surface area contributed by atoms with Crippen LogP contribution in [0.25, 0.3) is 10.8 Å². The number of fused-ring (bicyclic) bond motifs is 1. The monoisotopic (exact) mass is 716 g/mol. The number of thioether (sulfide) groups is 1. The van der Waals surface area contributed by atoms with Gasteiger partial charge in [-0.25, -0.2) is 0 Å². The van der Waals surface area contributed by atoms with Crippen molar-refractivity contribution in [3.63, 3.8) is 0 Å². The topological polar surface area (TPSA) is 196 Å². The van der Waals surface area contributed by atoms with Crippen LogP contribution in [0.15, 0.2) is 66.7 Å². The van der Waals surface area contributed by atoms with Gasteiger partial charge in [0.05, 0.1) is 5.49 Å². The fourth-order valence-electron chi connectivity index (χ4n) is 5.50. The fraction of sp³-hybridized carbons (Fsp3) is 0.364. The number of hydrogen-bond donors (Lipinski definition) is 5. The molecule has 0 radical (unpaired) electrons. The third-order valence-electron chi connectivity index (χ3n) is 7.92. The maximum absolute atomic E-state index is 13.9. The van der Waals surface area contributed by atoms with Gasteiger partial charge in [0.1, 0.15) is 18.1 Å². The summed E-state index contributed by atoms with van der Waals surface area (Å²) in [6, 6.07) is 16.3. The quantitative estimate of drug-likeness (QED) is 0.116. The minimum Gasteiger partial charge on any atom is -0.368 e. The zero-order valence-corrected chi connectivity index (χ0v) is 28.5. The zero-order valence-electron chi connectivity index (χ0n) is 26.0. The maximum Gasteiger partial charge on any atom is 0.335 e. The summed E-state index contributed by atoms with van der Waals surface area (Å²) in [5.74, 6) is -3.03. The number of primary amides is 1. The molecular formula is C33H38ClN4O8PS. The molecule has 0 aromatic heterocycles. The van der Waals surface area contributed by atoms with Gasteiger partial charge in [-0.05, 0) is 59.9 Å². The molecular weight excluding hydrogens is 679 g/mol. The first-order valence-electron chi connectivity index (χ1n) is 15.4. The molecule has 48 heavy (non-hydrogen) atoms. The Morgan fingerprint density at radius 2 is 1.65 bits per heavy atom. The Balaban J connectivity index is 1.45. The first-order chi connectivity index (χ1) is 22.8. The average Bonchev–Trinajstić information content (AvgIpc) is 3.05. The van der Waals surface area contributed by atoms with Gasteiger partial charge in [-0.1, -0.05) is 54.1 Å². The van der Waals surface area contributed by atoms with Gasteiger partial charge in [0.2, 0.25) is 23.6 Å². The van der Waals surface area contributed by atoms with E-state index in [1.54, 1.807) is 24.3 Å². The van der Waals surface area contributed by atoms with Crippen molar-refractivity contribution in [2.45, 2.75) is 56.7 Å². The zero-order chi connectivity index (χ0) is 34.8. The van der Waals surface area contributed by atoms with Gasteiger partial charge in [-0.3, -0.25) is 28.5 Å². The van der Waals surface area contributed by atoms with Gasteiger partial charge < -0.3 is 31.1 Å². The number of ketones is 1. The number of carbonyl (C=O) groups is 5. The van der Waals surface area contributed by atoms with Crippen LogP contribution in [0, 0.1) is 0 Å². The molecule has 4 amide bonds. The Morgan fingerprint density at radius 1 is 0.938 bits per heavy atom. The predicted octanol–water partition coefficient (Wildman–Crippen LogP) is 3.40. The number of hydrogen-bond acceptors (Lipinski definition) is 7. The Hall–Kier alpha value is -3.74. The van der Waals surface area contributed by atoms with E-state index in [0.717, 1.165) is 28.1 Å². The SMILES string of the molecule is NC(=O)C(Cc1ccc2ccccc2c1)NC(=O)C1CCCCN1C(=O)C(CSCP(=O)(O)O)NC(=O)CCC(=O)c1ccc(Cl)cc1. The molecule has 12 nitrogen and oxygen atoms in total. The number of nitrogens with zero attached hydrogens (tertiary/aromatic N) is 1. The summed E-state index contributed by atoms with van der Waals surface area (Å²) in [6.07, 6.45) is 1.25. The number of nitrogens with two attached hydrogens (primary N) is 1. The minimum absolute atomic E-state index is 0.138. The molecule has 3 unspecified atom stereocenters. The highest BCUT2D eigenvalue weighted by Gasteiger charge is 2.37. The van der Waals surface area contributed by atoms with Crippen molar-refractivity contribution in [2.75, 3.05) is 17.8 Å². The van der Waals surface area contributed by atoms with Crippen LogP contribution >= 0.6 is 31.0 Å². The molecule has 15 heteroatoms. The molecule has 256 valence electrons. The molecule has 0 saturated carbocycles. The van der Waals surface area contributed by atoms with E-state index in [2.05, 4.69) is 10.6 Å². The van der Waals surface area contributed by atoms with Crippen molar-refractivity contribution in [1.29, 1.82) is 0 Å². The van der Waals surface area contributed by atoms with Gasteiger partial charge in [-0.15, -0.1) is 11.8 Å². The number of piperidine rings is 1. The van der Waals surface area contributed by atoms with Crippen LogP contribution in [-0.2, 0) is 30.2 Å². The second-order valence-electron chi connectivity index (χ2n) is 11.6. The third-order valence-corrected chi connectivity index (χ3v) is 10.8. The molecule has 1 fully saturated rings. The van der Waals surface area contributed by atoms with Crippen LogP contribution in [0.2, 0.25) is 5.02 Å². The van der Waals surface area contributed by atoms with Crippen LogP contribution in [0.3, 0.4) is 0 Å². The summed E-state index contributed by atoms with van der Waals surface area (Å²) < 4.78 is 11.5. The van der Waals surface area contributed by atoms with Crippen molar-refractivity contribution in [2.24, 2.45) is 5.73 Å². The van der Waals surface area contributed by atoms with Crippen molar-refractivity contribution in [1.82, 2.24) is 15.5 Å². The first kappa shape index (κ1) is 37.1. The highest BCUT2D eigenvalue weighted by molar-refractivity contribution is 8.04. The summed E-state index contributed by atoms with van der Waals surface area (Å²) in [6.45, 7) is 0.188. The predicted molar refractivity (Wildman–Crippen MR) is 184 cm³/mol. The van der Waals surface area contributed by atoms with E-state index < -0.39 is 54.8 Å². The second kappa shape index (κ2) is 17.1. The standard InChI is InChI=1S/C33H38ClN4O8PS/c34-25-12-10-23(11-13-25)29(39)14-15-30(40)36-27(19-48-20-47(44,45)46)33(43)38-16-4-3-7-28(38)32(42)37-26(31(35)41)18-21-8-9-22-5-1-2-6-24(22)17-21/h1-2,5-6,8-13,17,26-28H,3-4,7,14-16,18-20H2,(H2,35,41)(H,36,40)(H,37,42)(H2,44,45,46). The number of likely N-dealkylation sites (tertiary alicyclic amines) is 1. The Bertz CT molecular complexity index is 1700. The lowest BCUT2D eigenvalue weighted by Crippen LogP contribution is -2.60. The maximum atomic E-state index is 13.9. The molecule has 1 aliphatic rings. The minimum atomic E-state index is -4.41. The number of nitrogens with one attached hydrogen (secondary N) is 2. The van der Waals surface area contributed by atoms with E-state index >= 15 is 0 Å². The fourth-order valence-corrected chi connectivity index (χ4v) is 7.46. The first-order valence-corrected chi connectivity index (χ1v) is 18.7. The van der Waals surface area contributed by atoms with Gasteiger partial charge in [-0.2, -0.15) is 0 Å². The van der Waals surface area contributed by atoms with Gasteiger partial charge in [0.15, 0.2) is 5.78 Å². The molecule has 0 spiro atoms. The van der Waals surface area contributed by atoms with Gasteiger partial charge >= 0.3 is 7.60 Å². The van der Waals surface area contributed by atoms with Crippen LogP contribution < -0.4 is 16.4 Å². The van der Waals surface area contributed by atoms with Crippen molar-refractivity contribution < 1.29 is 38.3 Å². The summed E-state index contributed by atoms with van der Waals surface area (Å²) in [5.41, 5.74) is 6.25. The number of halogens is 1. The van der Waals surface area contributed by atoms with Crippen LogP contribution in [-0.4, -0.2) is 80.0 Å². The van der Waals surface area contributed by atoms with Crippen molar-refractivity contribution in [3.05, 3.63) is 82.9 Å². The van der Waals surface area contributed by atoms with Crippen molar-refractivity contribution >= 4 is 71.1 Å². The summed E-state index contributed by atoms with van der Waals surface area (Å²) >= 11 is 6.66. The molecule has 6 N–H and O–H groups in total. The number of amides is 4. The van der Waals surface area contributed by atoms with Crippen molar-refractivity contribution in [3.8, 4) is 0 Å². The number of rotatable bonds is 15. The highest BCUT2D eigenvalue weighted by Crippen LogP contribution is 2.38. The molecule has 1 aliphatic heterocycles. The summed E-state index contributed by atoms with van der Waals surface area (Å²) in [4.78, 5) is 85.4. The molecule has 3 atom stereocenters. The third kappa shape index (κ3) is 10.9. The number of Topliss-reactive ketones (excluding diaryl/α,β-unsaturated/α-hetero) is 1. The lowest BCUT2D eigenvalue weighted by Gasteiger charge is -2.37. The molecule has 0 bridgehead atoms. The second-order valence-corrected chi connectivity index (χ2v) is 15.1. The summed E-state index contributed by atoms with van der Waals surface area (Å²) in [5, 5.41) is 7.75. The number of benzene rings is 3. The van der Waals surface area contributed by atoms with E-state index in [0.29, 0.717) is 29.8 Å². The van der Waals surface area contributed by atoms with E-state index in [1.165, 1.54) is 4.90 Å². The smallest absolute Gasteiger partial charge is 0.335 e. The van der Waals surface area contributed by atoms with E-state index in [1.807, 2.05) is 42.5 Å². The molecule has 3 aromatic rings. The molecule has 3 aromatic carbocycles. The molecule has 0 aliphatic carbocycles. The Labute approximate surface area is 287 Å². The number of carbonyl (C=O) groups excluding carboxylic acids is 5. The van der Waals surface area contributed by atoms with Crippen LogP contribution in [0.1, 0.15) is 48.0 Å².